The lowest BCUT2D eigenvalue weighted by Crippen LogP contribution is -2.34. The van der Waals surface area contributed by atoms with Gasteiger partial charge in [-0.15, -0.1) is 0 Å². The van der Waals surface area contributed by atoms with Crippen LogP contribution in [0.25, 0.3) is 0 Å². The van der Waals surface area contributed by atoms with E-state index in [2.05, 4.69) is 10.3 Å². The first-order chi connectivity index (χ1) is 6.27. The minimum Gasteiger partial charge on any atom is -0.312 e. The van der Waals surface area contributed by atoms with Crippen LogP contribution in [0.1, 0.15) is 26.2 Å². The van der Waals surface area contributed by atoms with E-state index in [4.69, 9.17) is 0 Å². The molecule has 1 N–H and O–H groups in total. The Kier molecular flexibility index (Phi) is 2.58. The number of hydrogen-bond donors (Lipinski definition) is 1. The normalized spacial score (nSPS) is 34.2. The molecule has 0 aromatic heterocycles. The number of nitrogens with one attached hydrogen (secondary N) is 1. The molecule has 72 valence electrons. The summed E-state index contributed by atoms with van der Waals surface area (Å²) in [6.45, 7) is 1.84. The van der Waals surface area contributed by atoms with Crippen molar-refractivity contribution in [3.63, 3.8) is 0 Å². The molecule has 2 aliphatic rings. The van der Waals surface area contributed by atoms with Crippen LogP contribution in [0.2, 0.25) is 0 Å². The van der Waals surface area contributed by atoms with E-state index in [0.717, 1.165) is 12.3 Å². The summed E-state index contributed by atoms with van der Waals surface area (Å²) in [4.78, 5) is 15.5. The van der Waals surface area contributed by atoms with Crippen molar-refractivity contribution in [3.05, 3.63) is 0 Å². The van der Waals surface area contributed by atoms with Crippen molar-refractivity contribution in [2.24, 2.45) is 4.99 Å². The van der Waals surface area contributed by atoms with Gasteiger partial charge in [0.1, 0.15) is 11.9 Å². The number of carbonyl (C=O) groups excluding carboxylic acids is 1. The molecule has 1 amide bonds. The van der Waals surface area contributed by atoms with Crippen LogP contribution in [0.4, 0.5) is 0 Å². The molecule has 0 aromatic rings. The van der Waals surface area contributed by atoms with Crippen LogP contribution in [0.15, 0.2) is 4.99 Å². The fraction of sp³-hybridized carbons (Fsp3) is 0.778. The Morgan fingerprint density at radius 2 is 2.38 bits per heavy atom. The van der Waals surface area contributed by atoms with Crippen LogP contribution >= 0.6 is 11.8 Å². The van der Waals surface area contributed by atoms with E-state index in [1.165, 1.54) is 18.6 Å². The van der Waals surface area contributed by atoms with E-state index >= 15 is 0 Å². The standard InChI is InChI=1S/C9H14N2OS/c1-6-9(12)11-8(10-6)7-4-2-3-5-13-7/h6-7H,2-5H2,1H3,(H,10,11,12). The Bertz CT molecular complexity index is 246. The minimum absolute atomic E-state index is 0.0566. The van der Waals surface area contributed by atoms with E-state index in [1.54, 1.807) is 0 Å². The molecule has 2 aliphatic heterocycles. The third kappa shape index (κ3) is 1.88. The van der Waals surface area contributed by atoms with Crippen LogP contribution in [-0.4, -0.2) is 28.8 Å². The predicted octanol–water partition coefficient (Wildman–Crippen LogP) is 1.19. The maximum atomic E-state index is 11.2. The summed E-state index contributed by atoms with van der Waals surface area (Å²) < 4.78 is 0. The molecular weight excluding hydrogens is 184 g/mol. The Balaban J connectivity index is 2.00. The lowest BCUT2D eigenvalue weighted by Gasteiger charge is -2.20. The zero-order chi connectivity index (χ0) is 9.26. The van der Waals surface area contributed by atoms with Crippen LogP contribution in [0.3, 0.4) is 0 Å². The quantitative estimate of drug-likeness (QED) is 0.687. The molecule has 0 spiro atoms. The summed E-state index contributed by atoms with van der Waals surface area (Å²) in [5.74, 6) is 2.18. The second-order valence-corrected chi connectivity index (χ2v) is 4.85. The van der Waals surface area contributed by atoms with Gasteiger partial charge in [0.25, 0.3) is 0 Å². The number of carbonyl (C=O) groups is 1. The fourth-order valence-electron chi connectivity index (χ4n) is 1.65. The first-order valence-electron chi connectivity index (χ1n) is 4.77. The summed E-state index contributed by atoms with van der Waals surface area (Å²) in [7, 11) is 0. The molecular formula is C9H14N2OS. The smallest absolute Gasteiger partial charge is 0.249 e. The molecule has 0 saturated carbocycles. The van der Waals surface area contributed by atoms with Crippen molar-refractivity contribution < 1.29 is 4.79 Å². The number of amidine groups is 1. The molecule has 0 aromatic carbocycles. The van der Waals surface area contributed by atoms with Gasteiger partial charge >= 0.3 is 0 Å². The molecule has 2 atom stereocenters. The number of thioether (sulfide) groups is 1. The number of aliphatic imine (C=N–C) groups is 1. The second-order valence-electron chi connectivity index (χ2n) is 3.53. The van der Waals surface area contributed by atoms with Crippen LogP contribution in [-0.2, 0) is 4.79 Å². The predicted molar refractivity (Wildman–Crippen MR) is 55.1 cm³/mol. The van der Waals surface area contributed by atoms with Gasteiger partial charge in [-0.25, -0.2) is 0 Å². The molecule has 13 heavy (non-hydrogen) atoms. The van der Waals surface area contributed by atoms with Crippen molar-refractivity contribution in [2.75, 3.05) is 5.75 Å². The molecule has 2 unspecified atom stereocenters. The average molecular weight is 198 g/mol. The maximum Gasteiger partial charge on any atom is 0.249 e. The summed E-state index contributed by atoms with van der Waals surface area (Å²) >= 11 is 1.92. The summed E-state index contributed by atoms with van der Waals surface area (Å²) in [5, 5.41) is 3.31. The first kappa shape index (κ1) is 9.06. The van der Waals surface area contributed by atoms with Crippen LogP contribution in [0, 0.1) is 0 Å². The van der Waals surface area contributed by atoms with Crippen molar-refractivity contribution in [2.45, 2.75) is 37.5 Å². The van der Waals surface area contributed by atoms with E-state index in [9.17, 15) is 4.79 Å². The van der Waals surface area contributed by atoms with Gasteiger partial charge in [-0.05, 0) is 25.5 Å². The zero-order valence-electron chi connectivity index (χ0n) is 7.75. The molecule has 2 rings (SSSR count). The summed E-state index contributed by atoms with van der Waals surface area (Å²) in [6, 6.07) is -0.169. The van der Waals surface area contributed by atoms with Crippen molar-refractivity contribution >= 4 is 23.5 Å². The highest BCUT2D eigenvalue weighted by atomic mass is 32.2. The van der Waals surface area contributed by atoms with Gasteiger partial charge in [0.05, 0.1) is 5.25 Å². The average Bonchev–Trinajstić information content (AvgIpc) is 2.49. The first-order valence-corrected chi connectivity index (χ1v) is 5.82. The third-order valence-electron chi connectivity index (χ3n) is 2.45. The lowest BCUT2D eigenvalue weighted by molar-refractivity contribution is -0.119. The van der Waals surface area contributed by atoms with E-state index in [-0.39, 0.29) is 11.9 Å². The van der Waals surface area contributed by atoms with E-state index in [0.29, 0.717) is 5.25 Å². The Hall–Kier alpha value is -0.510. The Morgan fingerprint density at radius 3 is 2.92 bits per heavy atom. The van der Waals surface area contributed by atoms with Crippen LogP contribution < -0.4 is 5.32 Å². The van der Waals surface area contributed by atoms with Crippen molar-refractivity contribution in [1.29, 1.82) is 0 Å². The van der Waals surface area contributed by atoms with Gasteiger partial charge in [-0.1, -0.05) is 6.42 Å². The highest BCUT2D eigenvalue weighted by Crippen LogP contribution is 2.26. The highest BCUT2D eigenvalue weighted by Gasteiger charge is 2.28. The number of hydrogen-bond acceptors (Lipinski definition) is 3. The topological polar surface area (TPSA) is 41.5 Å². The highest BCUT2D eigenvalue weighted by molar-refractivity contribution is 8.00. The van der Waals surface area contributed by atoms with Gasteiger partial charge in [-0.2, -0.15) is 11.8 Å². The zero-order valence-corrected chi connectivity index (χ0v) is 8.56. The van der Waals surface area contributed by atoms with Gasteiger partial charge in [-0.3, -0.25) is 9.79 Å². The largest absolute Gasteiger partial charge is 0.312 e. The Morgan fingerprint density at radius 1 is 1.54 bits per heavy atom. The second kappa shape index (κ2) is 3.70. The van der Waals surface area contributed by atoms with Gasteiger partial charge in [0.15, 0.2) is 0 Å². The third-order valence-corrected chi connectivity index (χ3v) is 3.83. The van der Waals surface area contributed by atoms with Gasteiger partial charge in [0.2, 0.25) is 5.91 Å². The Labute approximate surface area is 82.4 Å². The monoisotopic (exact) mass is 198 g/mol. The molecule has 2 heterocycles. The molecule has 4 heteroatoms. The maximum absolute atomic E-state index is 11.2. The van der Waals surface area contributed by atoms with Crippen LogP contribution in [0.5, 0.6) is 0 Å². The minimum atomic E-state index is -0.169. The molecule has 3 nitrogen and oxygen atoms in total. The molecule has 1 saturated heterocycles. The number of nitrogens with zero attached hydrogens (tertiary/aromatic N) is 1. The van der Waals surface area contributed by atoms with Gasteiger partial charge in [0, 0.05) is 0 Å². The molecule has 1 fully saturated rings. The number of rotatable bonds is 1. The molecule has 0 bridgehead atoms. The summed E-state index contributed by atoms with van der Waals surface area (Å²) in [5.41, 5.74) is 0. The van der Waals surface area contributed by atoms with Crippen molar-refractivity contribution in [1.82, 2.24) is 5.32 Å². The van der Waals surface area contributed by atoms with Gasteiger partial charge < -0.3 is 5.32 Å². The summed E-state index contributed by atoms with van der Waals surface area (Å²) in [6.07, 6.45) is 3.73. The SMILES string of the molecule is CC1N=C(C2CCCCS2)NC1=O. The van der Waals surface area contributed by atoms with E-state index in [1.807, 2.05) is 18.7 Å². The van der Waals surface area contributed by atoms with Crippen molar-refractivity contribution in [3.8, 4) is 0 Å². The van der Waals surface area contributed by atoms with E-state index < -0.39 is 0 Å². The molecule has 0 aliphatic carbocycles. The lowest BCUT2D eigenvalue weighted by atomic mass is 10.2. The molecule has 0 radical (unpaired) electrons. The fourth-order valence-corrected chi connectivity index (χ4v) is 2.92. The number of amides is 1.